The highest BCUT2D eigenvalue weighted by Crippen LogP contribution is 2.29. The summed E-state index contributed by atoms with van der Waals surface area (Å²) in [5.74, 6) is -0.191. The second-order valence-corrected chi connectivity index (χ2v) is 4.39. The lowest BCUT2D eigenvalue weighted by atomic mass is 9.94. The van der Waals surface area contributed by atoms with Gasteiger partial charge in [-0.1, -0.05) is 12.1 Å². The summed E-state index contributed by atoms with van der Waals surface area (Å²) in [6.45, 7) is 0. The van der Waals surface area contributed by atoms with Gasteiger partial charge >= 0.3 is 0 Å². The molecule has 4 nitrogen and oxygen atoms in total. The summed E-state index contributed by atoms with van der Waals surface area (Å²) in [5.41, 5.74) is 8.68. The van der Waals surface area contributed by atoms with Gasteiger partial charge in [0.15, 0.2) is 0 Å². The lowest BCUT2D eigenvalue weighted by molar-refractivity contribution is -0.118. The number of ketones is 1. The third-order valence-electron chi connectivity index (χ3n) is 3.32. The summed E-state index contributed by atoms with van der Waals surface area (Å²) in [7, 11) is 0. The summed E-state index contributed by atoms with van der Waals surface area (Å²) in [6, 6.07) is 5.43. The van der Waals surface area contributed by atoms with Crippen LogP contribution in [0.15, 0.2) is 18.2 Å². The van der Waals surface area contributed by atoms with Crippen LogP contribution in [0.5, 0.6) is 0 Å². The molecule has 1 aromatic heterocycles. The van der Waals surface area contributed by atoms with Crippen LogP contribution in [0.25, 0.3) is 10.9 Å². The number of hydrogen-bond acceptors (Lipinski definition) is 2. The Balaban J connectivity index is 2.31. The first kappa shape index (κ1) is 10.1. The van der Waals surface area contributed by atoms with Crippen molar-refractivity contribution in [3.8, 4) is 0 Å². The van der Waals surface area contributed by atoms with Gasteiger partial charge < -0.3 is 10.7 Å². The van der Waals surface area contributed by atoms with Gasteiger partial charge in [-0.25, -0.2) is 0 Å². The molecule has 0 atom stereocenters. The lowest BCUT2D eigenvalue weighted by Crippen LogP contribution is -2.11. The number of aromatic nitrogens is 1. The van der Waals surface area contributed by atoms with Gasteiger partial charge in [0.1, 0.15) is 5.78 Å². The maximum absolute atomic E-state index is 11.5. The first-order valence-corrected chi connectivity index (χ1v) is 5.61. The molecule has 0 saturated carbocycles. The monoisotopic (exact) mass is 228 g/mol. The zero-order valence-electron chi connectivity index (χ0n) is 9.25. The standard InChI is InChI=1S/C13H12N2O2/c14-13(17)9-3-1-2-8-10-6-7(16)4-5-11(10)15-12(8)9/h1-3,15H,4-6H2,(H2,14,17). The number of carbonyl (C=O) groups is 2. The Morgan fingerprint density at radius 1 is 1.29 bits per heavy atom. The summed E-state index contributed by atoms with van der Waals surface area (Å²) >= 11 is 0. The lowest BCUT2D eigenvalue weighted by Gasteiger charge is -2.09. The quantitative estimate of drug-likeness (QED) is 0.772. The van der Waals surface area contributed by atoms with E-state index in [1.807, 2.05) is 6.07 Å². The van der Waals surface area contributed by atoms with E-state index in [2.05, 4.69) is 4.98 Å². The number of hydrogen-bond donors (Lipinski definition) is 2. The number of nitrogens with two attached hydrogens (primary N) is 1. The number of primary amides is 1. The Kier molecular flexibility index (Phi) is 2.04. The van der Waals surface area contributed by atoms with Gasteiger partial charge in [0.05, 0.1) is 11.1 Å². The van der Waals surface area contributed by atoms with E-state index >= 15 is 0 Å². The fourth-order valence-electron chi connectivity index (χ4n) is 2.50. The van der Waals surface area contributed by atoms with E-state index in [9.17, 15) is 9.59 Å². The van der Waals surface area contributed by atoms with Crippen molar-refractivity contribution in [3.05, 3.63) is 35.0 Å². The van der Waals surface area contributed by atoms with Crippen molar-refractivity contribution in [3.63, 3.8) is 0 Å². The SMILES string of the molecule is NC(=O)c1cccc2c3c([nH]c12)CCC(=O)C3. The second kappa shape index (κ2) is 3.45. The van der Waals surface area contributed by atoms with E-state index in [4.69, 9.17) is 5.73 Å². The van der Waals surface area contributed by atoms with Crippen LogP contribution in [0.3, 0.4) is 0 Å². The molecule has 1 heterocycles. The number of rotatable bonds is 1. The number of amides is 1. The fraction of sp³-hybridized carbons (Fsp3) is 0.231. The zero-order chi connectivity index (χ0) is 12.0. The van der Waals surface area contributed by atoms with Crippen molar-refractivity contribution < 1.29 is 9.59 Å². The zero-order valence-corrected chi connectivity index (χ0v) is 9.25. The minimum absolute atomic E-state index is 0.253. The van der Waals surface area contributed by atoms with E-state index in [0.29, 0.717) is 18.4 Å². The molecule has 0 bridgehead atoms. The first-order chi connectivity index (χ1) is 8.16. The Labute approximate surface area is 97.8 Å². The smallest absolute Gasteiger partial charge is 0.250 e. The number of nitrogens with one attached hydrogen (secondary N) is 1. The topological polar surface area (TPSA) is 76.0 Å². The predicted octanol–water partition coefficient (Wildman–Crippen LogP) is 1.32. The van der Waals surface area contributed by atoms with Gasteiger partial charge in [0, 0.05) is 23.9 Å². The number of aryl methyl sites for hydroxylation is 1. The third kappa shape index (κ3) is 1.45. The largest absolute Gasteiger partial charge is 0.366 e. The Bertz CT molecular complexity index is 640. The predicted molar refractivity (Wildman–Crippen MR) is 63.8 cm³/mol. The fourth-order valence-corrected chi connectivity index (χ4v) is 2.50. The number of carbonyl (C=O) groups excluding carboxylic acids is 2. The van der Waals surface area contributed by atoms with Crippen LogP contribution >= 0.6 is 0 Å². The molecule has 17 heavy (non-hydrogen) atoms. The van der Waals surface area contributed by atoms with Crippen LogP contribution in [0, 0.1) is 0 Å². The molecular weight excluding hydrogens is 216 g/mol. The van der Waals surface area contributed by atoms with Crippen LogP contribution in [0.2, 0.25) is 0 Å². The summed E-state index contributed by atoms with van der Waals surface area (Å²) in [5, 5.41) is 0.948. The minimum atomic E-state index is -0.444. The highest BCUT2D eigenvalue weighted by Gasteiger charge is 2.21. The van der Waals surface area contributed by atoms with Crippen LogP contribution in [0.4, 0.5) is 0 Å². The average molecular weight is 228 g/mol. The summed E-state index contributed by atoms with van der Waals surface area (Å²) in [6.07, 6.45) is 1.75. The molecule has 4 heteroatoms. The number of H-pyrrole nitrogens is 1. The molecule has 0 aliphatic heterocycles. The van der Waals surface area contributed by atoms with Crippen LogP contribution in [-0.4, -0.2) is 16.7 Å². The van der Waals surface area contributed by atoms with Crippen molar-refractivity contribution in [2.24, 2.45) is 5.73 Å². The van der Waals surface area contributed by atoms with E-state index in [0.717, 1.165) is 28.6 Å². The van der Waals surface area contributed by atoms with E-state index in [1.165, 1.54) is 0 Å². The molecule has 0 spiro atoms. The number of aromatic amines is 1. The van der Waals surface area contributed by atoms with Crippen molar-refractivity contribution >= 4 is 22.6 Å². The van der Waals surface area contributed by atoms with Gasteiger partial charge in [0.25, 0.3) is 5.91 Å². The van der Waals surface area contributed by atoms with Gasteiger partial charge in [-0.05, 0) is 18.1 Å². The Morgan fingerprint density at radius 3 is 2.88 bits per heavy atom. The van der Waals surface area contributed by atoms with Crippen LogP contribution in [0.1, 0.15) is 28.0 Å². The molecule has 1 amide bonds. The van der Waals surface area contributed by atoms with Crippen LogP contribution in [-0.2, 0) is 17.6 Å². The van der Waals surface area contributed by atoms with E-state index in [-0.39, 0.29) is 5.78 Å². The van der Waals surface area contributed by atoms with Gasteiger partial charge in [0.2, 0.25) is 0 Å². The molecule has 1 aliphatic carbocycles. The summed E-state index contributed by atoms with van der Waals surface area (Å²) in [4.78, 5) is 26.0. The molecule has 0 saturated heterocycles. The average Bonchev–Trinajstić information content (AvgIpc) is 2.66. The second-order valence-electron chi connectivity index (χ2n) is 4.39. The van der Waals surface area contributed by atoms with Gasteiger partial charge in [-0.2, -0.15) is 0 Å². The molecule has 0 unspecified atom stereocenters. The molecule has 86 valence electrons. The van der Waals surface area contributed by atoms with E-state index in [1.54, 1.807) is 12.1 Å². The highest BCUT2D eigenvalue weighted by atomic mass is 16.1. The number of fused-ring (bicyclic) bond motifs is 3. The Morgan fingerprint density at radius 2 is 2.12 bits per heavy atom. The molecule has 0 fully saturated rings. The highest BCUT2D eigenvalue weighted by molar-refractivity contribution is 6.07. The maximum atomic E-state index is 11.5. The number of para-hydroxylation sites is 1. The molecule has 3 rings (SSSR count). The van der Waals surface area contributed by atoms with Crippen molar-refractivity contribution in [2.45, 2.75) is 19.3 Å². The molecule has 1 aliphatic rings. The van der Waals surface area contributed by atoms with Crippen molar-refractivity contribution in [2.75, 3.05) is 0 Å². The van der Waals surface area contributed by atoms with Crippen LogP contribution < -0.4 is 5.73 Å². The Hall–Kier alpha value is -2.10. The molecule has 3 N–H and O–H groups in total. The van der Waals surface area contributed by atoms with Gasteiger partial charge in [-0.3, -0.25) is 9.59 Å². The van der Waals surface area contributed by atoms with Crippen molar-refractivity contribution in [1.82, 2.24) is 4.98 Å². The first-order valence-electron chi connectivity index (χ1n) is 5.61. The number of benzene rings is 1. The van der Waals surface area contributed by atoms with Crippen molar-refractivity contribution in [1.29, 1.82) is 0 Å². The minimum Gasteiger partial charge on any atom is -0.366 e. The third-order valence-corrected chi connectivity index (χ3v) is 3.32. The van der Waals surface area contributed by atoms with E-state index < -0.39 is 5.91 Å². The van der Waals surface area contributed by atoms with Gasteiger partial charge in [-0.15, -0.1) is 0 Å². The molecular formula is C13H12N2O2. The molecule has 2 aromatic rings. The summed E-state index contributed by atoms with van der Waals surface area (Å²) < 4.78 is 0. The number of Topliss-reactive ketones (excluding diaryl/α,β-unsaturated/α-hetero) is 1. The maximum Gasteiger partial charge on any atom is 0.250 e. The normalized spacial score (nSPS) is 14.9. The molecule has 0 radical (unpaired) electrons. The molecule has 1 aromatic carbocycles.